The first-order valence-electron chi connectivity index (χ1n) is 6.28. The normalized spacial score (nSPS) is 12.2. The van der Waals surface area contributed by atoms with Crippen molar-refractivity contribution in [3.05, 3.63) is 51.5 Å². The highest BCUT2D eigenvalue weighted by molar-refractivity contribution is 7.12. The summed E-state index contributed by atoms with van der Waals surface area (Å²) in [6.07, 6.45) is 0. The van der Waals surface area contributed by atoms with Gasteiger partial charge in [-0.2, -0.15) is 0 Å². The van der Waals surface area contributed by atoms with E-state index in [-0.39, 0.29) is 17.5 Å². The van der Waals surface area contributed by atoms with Crippen LogP contribution < -0.4 is 5.73 Å². The first kappa shape index (κ1) is 14.5. The molecule has 1 amide bonds. The summed E-state index contributed by atoms with van der Waals surface area (Å²) in [6.45, 7) is 3.95. The van der Waals surface area contributed by atoms with Crippen molar-refractivity contribution in [2.24, 2.45) is 0 Å². The van der Waals surface area contributed by atoms with Crippen LogP contribution in [0.3, 0.4) is 0 Å². The molecular weight excluding hydrogens is 275 g/mol. The maximum Gasteiger partial charge on any atom is 0.257 e. The molecule has 0 spiro atoms. The fourth-order valence-corrected chi connectivity index (χ4v) is 2.91. The van der Waals surface area contributed by atoms with E-state index >= 15 is 0 Å². The molecular formula is C15H17FN2OS. The van der Waals surface area contributed by atoms with Gasteiger partial charge in [0, 0.05) is 22.5 Å². The van der Waals surface area contributed by atoms with Gasteiger partial charge in [-0.05, 0) is 44.2 Å². The summed E-state index contributed by atoms with van der Waals surface area (Å²) in [5.74, 6) is -0.933. The van der Waals surface area contributed by atoms with E-state index in [0.717, 1.165) is 4.88 Å². The van der Waals surface area contributed by atoms with Gasteiger partial charge in [0.25, 0.3) is 5.91 Å². The fourth-order valence-electron chi connectivity index (χ4n) is 1.94. The molecule has 0 saturated carbocycles. The highest BCUT2D eigenvalue weighted by atomic mass is 32.1. The molecule has 0 aliphatic rings. The Morgan fingerprint density at radius 3 is 2.60 bits per heavy atom. The molecule has 3 nitrogen and oxygen atoms in total. The Balaban J connectivity index is 2.24. The van der Waals surface area contributed by atoms with E-state index in [9.17, 15) is 9.18 Å². The van der Waals surface area contributed by atoms with Crippen molar-refractivity contribution in [3.63, 3.8) is 0 Å². The number of carbonyl (C=O) groups excluding carboxylic acids is 1. The minimum atomic E-state index is -0.587. The van der Waals surface area contributed by atoms with Gasteiger partial charge in [0.05, 0.1) is 11.6 Å². The van der Waals surface area contributed by atoms with Crippen molar-refractivity contribution in [1.29, 1.82) is 0 Å². The molecule has 0 aliphatic carbocycles. The van der Waals surface area contributed by atoms with Crippen LogP contribution in [0.1, 0.15) is 33.1 Å². The van der Waals surface area contributed by atoms with Crippen molar-refractivity contribution in [2.45, 2.75) is 19.9 Å². The van der Waals surface area contributed by atoms with Gasteiger partial charge in [-0.3, -0.25) is 4.79 Å². The molecule has 2 rings (SSSR count). The smallest absolute Gasteiger partial charge is 0.257 e. The van der Waals surface area contributed by atoms with Crippen LogP contribution >= 0.6 is 11.3 Å². The number of nitrogen functional groups attached to an aromatic ring is 1. The lowest BCUT2D eigenvalue weighted by atomic mass is 10.1. The topological polar surface area (TPSA) is 46.3 Å². The number of hydrogen-bond donors (Lipinski definition) is 1. The Labute approximate surface area is 121 Å². The number of thiophene rings is 1. The molecule has 1 heterocycles. The van der Waals surface area contributed by atoms with Gasteiger partial charge in [0.1, 0.15) is 5.82 Å². The molecule has 0 aliphatic heterocycles. The summed E-state index contributed by atoms with van der Waals surface area (Å²) in [5, 5.41) is 0. The molecule has 106 valence electrons. The summed E-state index contributed by atoms with van der Waals surface area (Å²) in [6, 6.07) is 8.03. The predicted molar refractivity (Wildman–Crippen MR) is 80.4 cm³/mol. The molecule has 1 atom stereocenters. The van der Waals surface area contributed by atoms with E-state index in [4.69, 9.17) is 5.73 Å². The van der Waals surface area contributed by atoms with Crippen LogP contribution in [0.15, 0.2) is 30.3 Å². The Bertz CT molecular complexity index is 639. The van der Waals surface area contributed by atoms with Crippen LogP contribution in [0, 0.1) is 12.7 Å². The van der Waals surface area contributed by atoms with Crippen molar-refractivity contribution < 1.29 is 9.18 Å². The Morgan fingerprint density at radius 2 is 2.05 bits per heavy atom. The zero-order valence-electron chi connectivity index (χ0n) is 11.7. The van der Waals surface area contributed by atoms with Gasteiger partial charge < -0.3 is 10.6 Å². The number of carbonyl (C=O) groups is 1. The summed E-state index contributed by atoms with van der Waals surface area (Å²) in [7, 11) is 1.68. The fraction of sp³-hybridized carbons (Fsp3) is 0.267. The lowest BCUT2D eigenvalue weighted by Crippen LogP contribution is -2.29. The third kappa shape index (κ3) is 2.82. The molecule has 1 unspecified atom stereocenters. The second kappa shape index (κ2) is 5.63. The molecule has 1 aromatic carbocycles. The Morgan fingerprint density at radius 1 is 1.35 bits per heavy atom. The minimum Gasteiger partial charge on any atom is -0.399 e. The molecule has 20 heavy (non-hydrogen) atoms. The number of halogens is 1. The first-order chi connectivity index (χ1) is 9.40. The van der Waals surface area contributed by atoms with E-state index in [1.807, 2.05) is 26.0 Å². The second-order valence-electron chi connectivity index (χ2n) is 4.78. The summed E-state index contributed by atoms with van der Waals surface area (Å²) >= 11 is 1.64. The summed E-state index contributed by atoms with van der Waals surface area (Å²) in [4.78, 5) is 16.2. The standard InChI is InChI=1S/C15H17FN2OS/c1-9-4-7-14(20-9)10(2)18(3)15(19)12-6-5-11(17)8-13(12)16/h4-8,10H,17H2,1-3H3. The number of hydrogen-bond acceptors (Lipinski definition) is 3. The van der Waals surface area contributed by atoms with Crippen molar-refractivity contribution in [3.8, 4) is 0 Å². The Kier molecular flexibility index (Phi) is 4.09. The van der Waals surface area contributed by atoms with Crippen LogP contribution in [0.2, 0.25) is 0 Å². The number of nitrogens with two attached hydrogens (primary N) is 1. The van der Waals surface area contributed by atoms with Gasteiger partial charge in [0.15, 0.2) is 0 Å². The number of aryl methyl sites for hydroxylation is 1. The third-order valence-electron chi connectivity index (χ3n) is 3.30. The van der Waals surface area contributed by atoms with Crippen molar-refractivity contribution in [2.75, 3.05) is 12.8 Å². The molecule has 0 fully saturated rings. The molecule has 5 heteroatoms. The lowest BCUT2D eigenvalue weighted by molar-refractivity contribution is 0.0740. The average Bonchev–Trinajstić information content (AvgIpc) is 2.83. The quantitative estimate of drug-likeness (QED) is 0.878. The first-order valence-corrected chi connectivity index (χ1v) is 7.10. The zero-order chi connectivity index (χ0) is 14.9. The van der Waals surface area contributed by atoms with Crippen LogP contribution in [-0.4, -0.2) is 17.9 Å². The number of nitrogens with zero attached hydrogens (tertiary/aromatic N) is 1. The number of benzene rings is 1. The number of amides is 1. The van der Waals surface area contributed by atoms with Crippen LogP contribution in [0.5, 0.6) is 0 Å². The summed E-state index contributed by atoms with van der Waals surface area (Å²) in [5.41, 5.74) is 5.85. The van der Waals surface area contributed by atoms with Gasteiger partial charge in [-0.25, -0.2) is 4.39 Å². The monoisotopic (exact) mass is 292 g/mol. The van der Waals surface area contributed by atoms with Gasteiger partial charge in [0.2, 0.25) is 0 Å². The molecule has 0 saturated heterocycles. The third-order valence-corrected chi connectivity index (χ3v) is 4.47. The van der Waals surface area contributed by atoms with Crippen LogP contribution in [-0.2, 0) is 0 Å². The van der Waals surface area contributed by atoms with Gasteiger partial charge >= 0.3 is 0 Å². The second-order valence-corrected chi connectivity index (χ2v) is 6.10. The van der Waals surface area contributed by atoms with E-state index in [1.165, 1.54) is 23.1 Å². The van der Waals surface area contributed by atoms with Crippen molar-refractivity contribution >= 4 is 22.9 Å². The Hall–Kier alpha value is -1.88. The molecule has 0 radical (unpaired) electrons. The summed E-state index contributed by atoms with van der Waals surface area (Å²) < 4.78 is 13.8. The molecule has 2 aromatic rings. The van der Waals surface area contributed by atoms with Gasteiger partial charge in [-0.15, -0.1) is 11.3 Å². The highest BCUT2D eigenvalue weighted by Crippen LogP contribution is 2.27. The van der Waals surface area contributed by atoms with Crippen LogP contribution in [0.4, 0.5) is 10.1 Å². The maximum absolute atomic E-state index is 13.8. The highest BCUT2D eigenvalue weighted by Gasteiger charge is 2.22. The van der Waals surface area contributed by atoms with E-state index in [0.29, 0.717) is 5.69 Å². The maximum atomic E-state index is 13.8. The molecule has 2 N–H and O–H groups in total. The van der Waals surface area contributed by atoms with E-state index in [1.54, 1.807) is 23.3 Å². The SMILES string of the molecule is Cc1ccc(C(C)N(C)C(=O)c2ccc(N)cc2F)s1. The zero-order valence-corrected chi connectivity index (χ0v) is 12.5. The predicted octanol–water partition coefficient (Wildman–Crippen LogP) is 3.61. The lowest BCUT2D eigenvalue weighted by Gasteiger charge is -2.24. The molecule has 1 aromatic heterocycles. The number of anilines is 1. The van der Waals surface area contributed by atoms with E-state index in [2.05, 4.69) is 0 Å². The van der Waals surface area contributed by atoms with Crippen LogP contribution in [0.25, 0.3) is 0 Å². The molecule has 0 bridgehead atoms. The number of rotatable bonds is 3. The van der Waals surface area contributed by atoms with Crippen molar-refractivity contribution in [1.82, 2.24) is 4.90 Å². The van der Waals surface area contributed by atoms with E-state index < -0.39 is 5.82 Å². The van der Waals surface area contributed by atoms with Gasteiger partial charge in [-0.1, -0.05) is 0 Å². The average molecular weight is 292 g/mol. The largest absolute Gasteiger partial charge is 0.399 e. The minimum absolute atomic E-state index is 0.0434.